The van der Waals surface area contributed by atoms with Gasteiger partial charge in [-0.2, -0.15) is 0 Å². The van der Waals surface area contributed by atoms with Gasteiger partial charge in [0, 0.05) is 17.8 Å². The molecule has 0 bridgehead atoms. The van der Waals surface area contributed by atoms with E-state index in [1.807, 2.05) is 12.2 Å². The number of nitrogens with zero attached hydrogens (tertiary/aromatic N) is 1. The second kappa shape index (κ2) is 15.9. The first-order chi connectivity index (χ1) is 10.7. The van der Waals surface area contributed by atoms with Crippen molar-refractivity contribution < 1.29 is 9.72 Å². The maximum absolute atomic E-state index is 11.0. The molecule has 0 spiro atoms. The summed E-state index contributed by atoms with van der Waals surface area (Å²) in [6.07, 6.45) is 19.5. The number of carbonyl (C=O) groups is 1. The highest BCUT2D eigenvalue weighted by Gasteiger charge is 2.12. The van der Waals surface area contributed by atoms with Crippen molar-refractivity contribution in [2.75, 3.05) is 0 Å². The SMILES string of the molecule is CCCC/C=C/C(C/C=C\CCCCCCCC=O)[N+](=O)[O-]. The van der Waals surface area contributed by atoms with Crippen LogP contribution in [0.25, 0.3) is 0 Å². The molecular formula is C18H31NO3. The molecule has 0 fully saturated rings. The van der Waals surface area contributed by atoms with Crippen molar-refractivity contribution in [1.29, 1.82) is 0 Å². The Morgan fingerprint density at radius 1 is 0.909 bits per heavy atom. The lowest BCUT2D eigenvalue weighted by molar-refractivity contribution is -0.508. The van der Waals surface area contributed by atoms with Gasteiger partial charge in [0.25, 0.3) is 0 Å². The molecule has 1 atom stereocenters. The normalized spacial score (nSPS) is 13.0. The number of aldehydes is 1. The van der Waals surface area contributed by atoms with Crippen molar-refractivity contribution in [3.05, 3.63) is 34.4 Å². The summed E-state index contributed by atoms with van der Waals surface area (Å²) in [5, 5.41) is 11.0. The summed E-state index contributed by atoms with van der Waals surface area (Å²) < 4.78 is 0. The zero-order chi connectivity index (χ0) is 16.5. The van der Waals surface area contributed by atoms with Crippen LogP contribution in [0.3, 0.4) is 0 Å². The summed E-state index contributed by atoms with van der Waals surface area (Å²) in [5.41, 5.74) is 0. The zero-order valence-electron chi connectivity index (χ0n) is 13.9. The number of unbranched alkanes of at least 4 members (excludes halogenated alkanes) is 8. The van der Waals surface area contributed by atoms with E-state index in [-0.39, 0.29) is 4.92 Å². The van der Waals surface area contributed by atoms with E-state index in [4.69, 9.17) is 0 Å². The van der Waals surface area contributed by atoms with Crippen LogP contribution in [0.15, 0.2) is 24.3 Å². The molecule has 0 rings (SSSR count). The van der Waals surface area contributed by atoms with Gasteiger partial charge in [-0.3, -0.25) is 10.1 Å². The molecule has 4 heteroatoms. The van der Waals surface area contributed by atoms with Crippen LogP contribution < -0.4 is 0 Å². The molecule has 0 aliphatic heterocycles. The predicted octanol–water partition coefficient (Wildman–Crippen LogP) is 5.25. The number of rotatable bonds is 15. The molecule has 0 N–H and O–H groups in total. The topological polar surface area (TPSA) is 60.2 Å². The maximum Gasteiger partial charge on any atom is 0.234 e. The third-order valence-electron chi connectivity index (χ3n) is 3.59. The van der Waals surface area contributed by atoms with Crippen molar-refractivity contribution in [1.82, 2.24) is 0 Å². The summed E-state index contributed by atoms with van der Waals surface area (Å²) in [5.74, 6) is 0. The standard InChI is InChI=1S/C18H31NO3/c1-2-3-4-12-15-18(19(21)22)16-13-10-8-6-5-7-9-11-14-17-20/h10,12-13,15,17-18H,2-9,11,14,16H2,1H3/b13-10-,15-12+. The average Bonchev–Trinajstić information content (AvgIpc) is 2.50. The van der Waals surface area contributed by atoms with Crippen LogP contribution >= 0.6 is 0 Å². The lowest BCUT2D eigenvalue weighted by atomic mass is 10.1. The van der Waals surface area contributed by atoms with E-state index in [2.05, 4.69) is 13.0 Å². The Kier molecular flexibility index (Phi) is 14.9. The van der Waals surface area contributed by atoms with Crippen LogP contribution in [0.2, 0.25) is 0 Å². The van der Waals surface area contributed by atoms with Gasteiger partial charge in [-0.1, -0.05) is 57.3 Å². The Labute approximate surface area is 134 Å². The van der Waals surface area contributed by atoms with Gasteiger partial charge in [0.05, 0.1) is 0 Å². The van der Waals surface area contributed by atoms with Gasteiger partial charge in [0.1, 0.15) is 6.29 Å². The third-order valence-corrected chi connectivity index (χ3v) is 3.59. The van der Waals surface area contributed by atoms with E-state index >= 15 is 0 Å². The highest BCUT2D eigenvalue weighted by Crippen LogP contribution is 2.08. The molecule has 0 saturated carbocycles. The Morgan fingerprint density at radius 2 is 1.55 bits per heavy atom. The van der Waals surface area contributed by atoms with E-state index in [1.165, 1.54) is 12.8 Å². The van der Waals surface area contributed by atoms with E-state index < -0.39 is 6.04 Å². The summed E-state index contributed by atoms with van der Waals surface area (Å²) in [7, 11) is 0. The molecule has 0 aliphatic carbocycles. The summed E-state index contributed by atoms with van der Waals surface area (Å²) in [6, 6.07) is -0.587. The lowest BCUT2D eigenvalue weighted by Gasteiger charge is -2.01. The van der Waals surface area contributed by atoms with Crippen molar-refractivity contribution in [2.45, 2.75) is 83.6 Å². The number of allylic oxidation sites excluding steroid dienone is 2. The molecule has 0 saturated heterocycles. The van der Waals surface area contributed by atoms with E-state index in [1.54, 1.807) is 6.08 Å². The fourth-order valence-electron chi connectivity index (χ4n) is 2.18. The van der Waals surface area contributed by atoms with Gasteiger partial charge in [-0.15, -0.1) is 0 Å². The smallest absolute Gasteiger partial charge is 0.234 e. The zero-order valence-corrected chi connectivity index (χ0v) is 13.9. The van der Waals surface area contributed by atoms with E-state index in [9.17, 15) is 14.9 Å². The Hall–Kier alpha value is -1.45. The monoisotopic (exact) mass is 309 g/mol. The molecule has 0 heterocycles. The number of nitro groups is 1. The molecule has 0 aliphatic rings. The molecule has 126 valence electrons. The van der Waals surface area contributed by atoms with Gasteiger partial charge in [-0.05, 0) is 31.8 Å². The number of hydrogen-bond donors (Lipinski definition) is 0. The summed E-state index contributed by atoms with van der Waals surface area (Å²) in [4.78, 5) is 20.9. The molecule has 0 aromatic rings. The molecule has 1 unspecified atom stereocenters. The summed E-state index contributed by atoms with van der Waals surface area (Å²) >= 11 is 0. The van der Waals surface area contributed by atoms with Gasteiger partial charge in [0.15, 0.2) is 0 Å². The van der Waals surface area contributed by atoms with Crippen molar-refractivity contribution in [3.8, 4) is 0 Å². The molecular weight excluding hydrogens is 278 g/mol. The first kappa shape index (κ1) is 20.6. The molecule has 22 heavy (non-hydrogen) atoms. The van der Waals surface area contributed by atoms with Crippen molar-refractivity contribution in [2.24, 2.45) is 0 Å². The fraction of sp³-hybridized carbons (Fsp3) is 0.722. The Bertz CT molecular complexity index is 337. The number of carbonyl (C=O) groups excluding carboxylic acids is 1. The molecule has 0 aromatic heterocycles. The summed E-state index contributed by atoms with van der Waals surface area (Å²) in [6.45, 7) is 2.11. The Balaban J connectivity index is 3.71. The van der Waals surface area contributed by atoms with Gasteiger partial charge in [0.2, 0.25) is 6.04 Å². The highest BCUT2D eigenvalue weighted by molar-refractivity contribution is 5.48. The lowest BCUT2D eigenvalue weighted by Crippen LogP contribution is -2.15. The minimum absolute atomic E-state index is 0.209. The van der Waals surface area contributed by atoms with Gasteiger partial charge >= 0.3 is 0 Å². The largest absolute Gasteiger partial charge is 0.303 e. The first-order valence-electron chi connectivity index (χ1n) is 8.61. The average molecular weight is 309 g/mol. The third kappa shape index (κ3) is 13.5. The fourth-order valence-corrected chi connectivity index (χ4v) is 2.18. The van der Waals surface area contributed by atoms with Crippen LogP contribution in [0.1, 0.15) is 77.6 Å². The van der Waals surface area contributed by atoms with Gasteiger partial charge < -0.3 is 4.79 Å². The van der Waals surface area contributed by atoms with Crippen LogP contribution in [0.5, 0.6) is 0 Å². The van der Waals surface area contributed by atoms with E-state index in [0.29, 0.717) is 12.8 Å². The van der Waals surface area contributed by atoms with Crippen LogP contribution in [-0.2, 0) is 4.79 Å². The number of hydrogen-bond acceptors (Lipinski definition) is 3. The molecule has 0 amide bonds. The predicted molar refractivity (Wildman–Crippen MR) is 91.6 cm³/mol. The Morgan fingerprint density at radius 3 is 2.18 bits per heavy atom. The van der Waals surface area contributed by atoms with Crippen molar-refractivity contribution in [3.63, 3.8) is 0 Å². The van der Waals surface area contributed by atoms with Crippen LogP contribution in [0.4, 0.5) is 0 Å². The minimum Gasteiger partial charge on any atom is -0.303 e. The second-order valence-electron chi connectivity index (χ2n) is 5.64. The van der Waals surface area contributed by atoms with E-state index in [0.717, 1.165) is 51.2 Å². The molecule has 4 nitrogen and oxygen atoms in total. The quantitative estimate of drug-likeness (QED) is 0.136. The second-order valence-corrected chi connectivity index (χ2v) is 5.64. The highest BCUT2D eigenvalue weighted by atomic mass is 16.6. The van der Waals surface area contributed by atoms with Crippen LogP contribution in [-0.4, -0.2) is 17.3 Å². The van der Waals surface area contributed by atoms with Gasteiger partial charge in [-0.25, -0.2) is 0 Å². The maximum atomic E-state index is 11.0. The molecule has 0 aromatic carbocycles. The van der Waals surface area contributed by atoms with Crippen molar-refractivity contribution >= 4 is 6.29 Å². The minimum atomic E-state index is -0.587. The first-order valence-corrected chi connectivity index (χ1v) is 8.61. The molecule has 0 radical (unpaired) electrons. The van der Waals surface area contributed by atoms with Crippen LogP contribution in [0, 0.1) is 10.1 Å².